The number of nitrogens with zero attached hydrogens (tertiary/aromatic N) is 1. The summed E-state index contributed by atoms with van der Waals surface area (Å²) in [5.74, 6) is 1.13. The van der Waals surface area contributed by atoms with Crippen molar-refractivity contribution in [3.8, 4) is 0 Å². The van der Waals surface area contributed by atoms with Crippen molar-refractivity contribution in [1.82, 2.24) is 10.2 Å². The Morgan fingerprint density at radius 1 is 1.33 bits per heavy atom. The molecule has 1 N–H and O–H groups in total. The van der Waals surface area contributed by atoms with Gasteiger partial charge in [-0.3, -0.25) is 0 Å². The smallest absolute Gasteiger partial charge is 0.0231 e. The summed E-state index contributed by atoms with van der Waals surface area (Å²) in [6.07, 6.45) is 1.18. The Balaban J connectivity index is 2.45. The Morgan fingerprint density at radius 2 is 2.11 bits per heavy atom. The van der Waals surface area contributed by atoms with Gasteiger partial charge in [0.25, 0.3) is 0 Å². The van der Waals surface area contributed by atoms with Crippen LogP contribution in [-0.2, 0) is 6.54 Å². The van der Waals surface area contributed by atoms with Crippen molar-refractivity contribution in [2.75, 3.05) is 32.9 Å². The molecule has 0 spiro atoms. The van der Waals surface area contributed by atoms with Crippen molar-refractivity contribution in [2.45, 2.75) is 24.8 Å². The van der Waals surface area contributed by atoms with Crippen LogP contribution in [0.2, 0.25) is 0 Å². The molecule has 0 fully saturated rings. The fourth-order valence-electron chi connectivity index (χ4n) is 1.51. The lowest BCUT2D eigenvalue weighted by Crippen LogP contribution is -2.15. The number of hydrogen-bond acceptors (Lipinski definition) is 3. The second kappa shape index (κ2) is 8.97. The summed E-state index contributed by atoms with van der Waals surface area (Å²) in [5, 5.41) is 3.43. The van der Waals surface area contributed by atoms with E-state index in [1.54, 1.807) is 0 Å². The molecule has 0 atom stereocenters. The third-order valence-corrected chi connectivity index (χ3v) is 4.29. The van der Waals surface area contributed by atoms with Crippen LogP contribution in [-0.4, -0.2) is 37.8 Å². The van der Waals surface area contributed by atoms with Gasteiger partial charge in [0.15, 0.2) is 0 Å². The maximum atomic E-state index is 3.66. The molecule has 1 aromatic rings. The molecule has 1 aromatic carbocycles. The van der Waals surface area contributed by atoms with Crippen LogP contribution in [0.1, 0.15) is 18.9 Å². The van der Waals surface area contributed by atoms with E-state index in [4.69, 9.17) is 0 Å². The zero-order valence-electron chi connectivity index (χ0n) is 11.5. The molecule has 0 heterocycles. The number of nitrogens with one attached hydrogen (secondary N) is 1. The van der Waals surface area contributed by atoms with Crippen molar-refractivity contribution in [3.05, 3.63) is 28.2 Å². The Bertz CT molecular complexity index is 356. The zero-order chi connectivity index (χ0) is 13.4. The summed E-state index contributed by atoms with van der Waals surface area (Å²) >= 11 is 5.56. The molecule has 0 unspecified atom stereocenters. The van der Waals surface area contributed by atoms with Crippen LogP contribution in [0.15, 0.2) is 27.6 Å². The monoisotopic (exact) mass is 330 g/mol. The first-order chi connectivity index (χ1) is 8.63. The topological polar surface area (TPSA) is 15.3 Å². The standard InChI is InChI=1S/C14H23BrN2S/c1-4-7-16-11-12-5-6-13(10-14(12)15)18-9-8-17(2)3/h5-6,10,16H,4,7-9,11H2,1-3H3. The van der Waals surface area contributed by atoms with E-state index in [1.165, 1.54) is 21.4 Å². The summed E-state index contributed by atoms with van der Waals surface area (Å²) in [6, 6.07) is 6.65. The molecule has 4 heteroatoms. The Morgan fingerprint density at radius 3 is 2.72 bits per heavy atom. The summed E-state index contributed by atoms with van der Waals surface area (Å²) in [7, 11) is 4.22. The van der Waals surface area contributed by atoms with Crippen LogP contribution >= 0.6 is 27.7 Å². The molecule has 18 heavy (non-hydrogen) atoms. The van der Waals surface area contributed by atoms with Crippen molar-refractivity contribution >= 4 is 27.7 Å². The quantitative estimate of drug-likeness (QED) is 0.579. The average molecular weight is 331 g/mol. The molecule has 1 rings (SSSR count). The van der Waals surface area contributed by atoms with E-state index < -0.39 is 0 Å². The highest BCUT2D eigenvalue weighted by molar-refractivity contribution is 9.10. The SMILES string of the molecule is CCCNCc1ccc(SCCN(C)C)cc1Br. The van der Waals surface area contributed by atoms with Gasteiger partial charge in [0, 0.05) is 28.2 Å². The molecular weight excluding hydrogens is 308 g/mol. The summed E-state index contributed by atoms with van der Waals surface area (Å²) in [4.78, 5) is 3.55. The molecule has 0 amide bonds. The predicted octanol–water partition coefficient (Wildman–Crippen LogP) is 3.60. The Kier molecular flexibility index (Phi) is 7.98. The van der Waals surface area contributed by atoms with Gasteiger partial charge in [0.05, 0.1) is 0 Å². The van der Waals surface area contributed by atoms with Crippen molar-refractivity contribution in [3.63, 3.8) is 0 Å². The van der Waals surface area contributed by atoms with E-state index >= 15 is 0 Å². The van der Waals surface area contributed by atoms with Crippen LogP contribution in [0.4, 0.5) is 0 Å². The minimum absolute atomic E-state index is 0.942. The second-order valence-corrected chi connectivity index (χ2v) is 6.60. The molecule has 0 saturated carbocycles. The molecule has 0 aliphatic heterocycles. The first kappa shape index (κ1) is 16.0. The van der Waals surface area contributed by atoms with Crippen molar-refractivity contribution in [2.24, 2.45) is 0 Å². The maximum absolute atomic E-state index is 3.66. The van der Waals surface area contributed by atoms with Gasteiger partial charge in [-0.15, -0.1) is 11.8 Å². The van der Waals surface area contributed by atoms with Crippen LogP contribution < -0.4 is 5.32 Å². The highest BCUT2D eigenvalue weighted by Crippen LogP contribution is 2.25. The van der Waals surface area contributed by atoms with Gasteiger partial charge in [0.2, 0.25) is 0 Å². The van der Waals surface area contributed by atoms with Gasteiger partial charge in [0.1, 0.15) is 0 Å². The Hall–Kier alpha value is -0.0300. The average Bonchev–Trinajstić information content (AvgIpc) is 2.31. The van der Waals surface area contributed by atoms with Gasteiger partial charge in [-0.2, -0.15) is 0 Å². The molecule has 0 bridgehead atoms. The summed E-state index contributed by atoms with van der Waals surface area (Å²) in [5.41, 5.74) is 1.33. The minimum atomic E-state index is 0.942. The van der Waals surface area contributed by atoms with Gasteiger partial charge < -0.3 is 10.2 Å². The molecule has 0 aliphatic carbocycles. The van der Waals surface area contributed by atoms with E-state index in [1.807, 2.05) is 11.8 Å². The predicted molar refractivity (Wildman–Crippen MR) is 85.4 cm³/mol. The fourth-order valence-corrected chi connectivity index (χ4v) is 3.24. The lowest BCUT2D eigenvalue weighted by molar-refractivity contribution is 0.437. The van der Waals surface area contributed by atoms with Crippen LogP contribution in [0.3, 0.4) is 0 Å². The van der Waals surface area contributed by atoms with Crippen molar-refractivity contribution < 1.29 is 0 Å². The number of rotatable bonds is 8. The highest BCUT2D eigenvalue weighted by atomic mass is 79.9. The minimum Gasteiger partial charge on any atom is -0.313 e. The van der Waals surface area contributed by atoms with Gasteiger partial charge >= 0.3 is 0 Å². The third kappa shape index (κ3) is 6.23. The van der Waals surface area contributed by atoms with E-state index in [0.717, 1.165) is 25.4 Å². The fraction of sp³-hybridized carbons (Fsp3) is 0.571. The normalized spacial score (nSPS) is 11.2. The van der Waals surface area contributed by atoms with E-state index in [2.05, 4.69) is 65.4 Å². The van der Waals surface area contributed by atoms with E-state index in [-0.39, 0.29) is 0 Å². The second-order valence-electron chi connectivity index (χ2n) is 4.58. The Labute approximate surface area is 124 Å². The van der Waals surface area contributed by atoms with Crippen LogP contribution in [0, 0.1) is 0 Å². The first-order valence-electron chi connectivity index (χ1n) is 6.40. The van der Waals surface area contributed by atoms with E-state index in [0.29, 0.717) is 0 Å². The molecule has 0 radical (unpaired) electrons. The summed E-state index contributed by atoms with van der Waals surface area (Å²) < 4.78 is 1.21. The number of thioether (sulfide) groups is 1. The molecular formula is C14H23BrN2S. The number of halogens is 1. The summed E-state index contributed by atoms with van der Waals surface area (Å²) in [6.45, 7) is 5.32. The number of benzene rings is 1. The molecule has 0 aliphatic rings. The molecule has 102 valence electrons. The van der Waals surface area contributed by atoms with E-state index in [9.17, 15) is 0 Å². The highest BCUT2D eigenvalue weighted by Gasteiger charge is 2.02. The largest absolute Gasteiger partial charge is 0.313 e. The maximum Gasteiger partial charge on any atom is 0.0231 e. The lowest BCUT2D eigenvalue weighted by Gasteiger charge is -2.10. The van der Waals surface area contributed by atoms with Gasteiger partial charge in [-0.05, 0) is 44.8 Å². The third-order valence-electron chi connectivity index (χ3n) is 2.57. The van der Waals surface area contributed by atoms with Crippen LogP contribution in [0.25, 0.3) is 0 Å². The van der Waals surface area contributed by atoms with Crippen molar-refractivity contribution in [1.29, 1.82) is 0 Å². The molecule has 0 aromatic heterocycles. The molecule has 0 saturated heterocycles. The number of hydrogen-bond donors (Lipinski definition) is 1. The lowest BCUT2D eigenvalue weighted by atomic mass is 10.2. The zero-order valence-corrected chi connectivity index (χ0v) is 13.9. The van der Waals surface area contributed by atoms with Crippen LogP contribution in [0.5, 0.6) is 0 Å². The van der Waals surface area contributed by atoms with Gasteiger partial charge in [-0.1, -0.05) is 28.9 Å². The van der Waals surface area contributed by atoms with Gasteiger partial charge in [-0.25, -0.2) is 0 Å². The first-order valence-corrected chi connectivity index (χ1v) is 8.18. The molecule has 2 nitrogen and oxygen atoms in total.